The minimum Gasteiger partial charge on any atom is -0.354 e. The van der Waals surface area contributed by atoms with E-state index >= 15 is 0 Å². The molecule has 0 aliphatic carbocycles. The average molecular weight is 374 g/mol. The van der Waals surface area contributed by atoms with Crippen molar-refractivity contribution < 1.29 is 18.0 Å². The van der Waals surface area contributed by atoms with Gasteiger partial charge in [-0.2, -0.15) is 0 Å². The summed E-state index contributed by atoms with van der Waals surface area (Å²) in [6.45, 7) is 1.68. The number of hydrogen-bond donors (Lipinski definition) is 1. The predicted octanol–water partition coefficient (Wildman–Crippen LogP) is 2.01. The van der Waals surface area contributed by atoms with Crippen molar-refractivity contribution in [3.8, 4) is 0 Å². The maximum absolute atomic E-state index is 12.1. The molecule has 0 saturated heterocycles. The molecule has 6 nitrogen and oxygen atoms in total. The third kappa shape index (κ3) is 5.70. The van der Waals surface area contributed by atoms with Gasteiger partial charge in [-0.15, -0.1) is 0 Å². The molecule has 0 aliphatic rings. The van der Waals surface area contributed by atoms with Gasteiger partial charge in [0.1, 0.15) is 0 Å². The van der Waals surface area contributed by atoms with Crippen LogP contribution in [-0.4, -0.2) is 39.5 Å². The number of amides is 1. The summed E-state index contributed by atoms with van der Waals surface area (Å²) >= 11 is 0. The van der Waals surface area contributed by atoms with Gasteiger partial charge in [0.2, 0.25) is 15.9 Å². The first-order valence-corrected chi connectivity index (χ1v) is 10.0. The maximum atomic E-state index is 12.1. The number of nitrogens with one attached hydrogen (secondary N) is 1. The minimum absolute atomic E-state index is 0.0840. The first kappa shape index (κ1) is 19.7. The van der Waals surface area contributed by atoms with Crippen LogP contribution in [0, 0.1) is 0 Å². The van der Waals surface area contributed by atoms with E-state index in [1.807, 2.05) is 30.3 Å². The molecule has 0 saturated carbocycles. The summed E-state index contributed by atoms with van der Waals surface area (Å²) in [5.74, 6) is -0.321. The van der Waals surface area contributed by atoms with E-state index < -0.39 is 10.0 Å². The Morgan fingerprint density at radius 2 is 1.73 bits per heavy atom. The number of sulfonamides is 1. The molecule has 0 aliphatic heterocycles. The van der Waals surface area contributed by atoms with Crippen LogP contribution in [0.1, 0.15) is 22.8 Å². The van der Waals surface area contributed by atoms with Gasteiger partial charge >= 0.3 is 0 Å². The third-order valence-corrected chi connectivity index (χ3v) is 4.98. The van der Waals surface area contributed by atoms with Gasteiger partial charge in [0.15, 0.2) is 5.78 Å². The lowest BCUT2D eigenvalue weighted by Gasteiger charge is -2.23. The van der Waals surface area contributed by atoms with E-state index in [1.165, 1.54) is 17.3 Å². The lowest BCUT2D eigenvalue weighted by Crippen LogP contribution is -2.38. The van der Waals surface area contributed by atoms with Gasteiger partial charge in [-0.1, -0.05) is 42.5 Å². The van der Waals surface area contributed by atoms with E-state index in [0.29, 0.717) is 11.3 Å². The van der Waals surface area contributed by atoms with Crippen LogP contribution in [0.15, 0.2) is 54.6 Å². The summed E-state index contributed by atoms with van der Waals surface area (Å²) < 4.78 is 25.4. The highest BCUT2D eigenvalue weighted by atomic mass is 32.2. The van der Waals surface area contributed by atoms with Crippen molar-refractivity contribution in [1.29, 1.82) is 0 Å². The van der Waals surface area contributed by atoms with Gasteiger partial charge < -0.3 is 5.32 Å². The number of ketones is 1. The van der Waals surface area contributed by atoms with E-state index in [1.54, 1.807) is 18.2 Å². The lowest BCUT2D eigenvalue weighted by atomic mass is 10.1. The van der Waals surface area contributed by atoms with Crippen LogP contribution in [0.4, 0.5) is 5.69 Å². The van der Waals surface area contributed by atoms with Crippen LogP contribution in [0.25, 0.3) is 0 Å². The van der Waals surface area contributed by atoms with Crippen molar-refractivity contribution in [2.45, 2.75) is 13.3 Å². The number of carbonyl (C=O) groups excluding carboxylic acids is 2. The molecular weight excluding hydrogens is 352 g/mol. The zero-order valence-electron chi connectivity index (χ0n) is 14.8. The van der Waals surface area contributed by atoms with Gasteiger partial charge in [-0.3, -0.25) is 13.9 Å². The fourth-order valence-corrected chi connectivity index (χ4v) is 3.43. The molecule has 138 valence electrons. The summed E-state index contributed by atoms with van der Waals surface area (Å²) in [5.41, 5.74) is 1.72. The quantitative estimate of drug-likeness (QED) is 0.717. The van der Waals surface area contributed by atoms with Crippen molar-refractivity contribution in [2.24, 2.45) is 0 Å². The minimum atomic E-state index is -3.55. The first-order valence-electron chi connectivity index (χ1n) is 8.16. The number of benzene rings is 2. The molecule has 0 radical (unpaired) electrons. The molecule has 1 amide bonds. The van der Waals surface area contributed by atoms with Gasteiger partial charge in [-0.05, 0) is 24.6 Å². The monoisotopic (exact) mass is 374 g/mol. The third-order valence-electron chi connectivity index (χ3n) is 3.79. The van der Waals surface area contributed by atoms with Crippen molar-refractivity contribution in [3.05, 3.63) is 65.7 Å². The SMILES string of the molecule is CC(=O)c1cccc(N(CCNC(=O)Cc2ccccc2)S(C)(=O)=O)c1. The van der Waals surface area contributed by atoms with Crippen molar-refractivity contribution in [2.75, 3.05) is 23.7 Å². The van der Waals surface area contributed by atoms with Crippen molar-refractivity contribution >= 4 is 27.4 Å². The number of carbonyl (C=O) groups is 2. The smallest absolute Gasteiger partial charge is 0.232 e. The molecule has 26 heavy (non-hydrogen) atoms. The van der Waals surface area contributed by atoms with E-state index in [2.05, 4.69) is 5.32 Å². The molecular formula is C19H22N2O4S. The van der Waals surface area contributed by atoms with Gasteiger partial charge in [0, 0.05) is 12.1 Å². The first-order chi connectivity index (χ1) is 12.3. The molecule has 7 heteroatoms. The summed E-state index contributed by atoms with van der Waals surface area (Å²) in [7, 11) is -3.55. The molecule has 2 aromatic carbocycles. The topological polar surface area (TPSA) is 83.6 Å². The zero-order valence-corrected chi connectivity index (χ0v) is 15.6. The van der Waals surface area contributed by atoms with Crippen molar-refractivity contribution in [3.63, 3.8) is 0 Å². The van der Waals surface area contributed by atoms with Crippen LogP contribution in [-0.2, 0) is 21.2 Å². The van der Waals surface area contributed by atoms with E-state index in [0.717, 1.165) is 11.8 Å². The highest BCUT2D eigenvalue weighted by Gasteiger charge is 2.18. The fraction of sp³-hybridized carbons (Fsp3) is 0.263. The van der Waals surface area contributed by atoms with Crippen LogP contribution < -0.4 is 9.62 Å². The second kappa shape index (κ2) is 8.62. The molecule has 0 atom stereocenters. The highest BCUT2D eigenvalue weighted by Crippen LogP contribution is 2.19. The number of nitrogens with zero attached hydrogens (tertiary/aromatic N) is 1. The number of hydrogen-bond acceptors (Lipinski definition) is 4. The number of anilines is 1. The largest absolute Gasteiger partial charge is 0.354 e. The highest BCUT2D eigenvalue weighted by molar-refractivity contribution is 7.92. The molecule has 2 aromatic rings. The average Bonchev–Trinajstić information content (AvgIpc) is 2.58. The lowest BCUT2D eigenvalue weighted by molar-refractivity contribution is -0.120. The second-order valence-corrected chi connectivity index (χ2v) is 7.86. The Balaban J connectivity index is 2.02. The second-order valence-electron chi connectivity index (χ2n) is 5.95. The summed E-state index contributed by atoms with van der Waals surface area (Å²) in [6.07, 6.45) is 1.33. The van der Waals surface area contributed by atoms with Crippen LogP contribution >= 0.6 is 0 Å². The Kier molecular flexibility index (Phi) is 6.52. The van der Waals surface area contributed by atoms with Crippen molar-refractivity contribution in [1.82, 2.24) is 5.32 Å². The number of Topliss-reactive ketones (excluding diaryl/α,β-unsaturated/α-hetero) is 1. The Hall–Kier alpha value is -2.67. The Morgan fingerprint density at radius 1 is 1.04 bits per heavy atom. The predicted molar refractivity (Wildman–Crippen MR) is 102 cm³/mol. The van der Waals surface area contributed by atoms with Crippen LogP contribution in [0.2, 0.25) is 0 Å². The maximum Gasteiger partial charge on any atom is 0.232 e. The molecule has 1 N–H and O–H groups in total. The molecule has 0 unspecified atom stereocenters. The van der Waals surface area contributed by atoms with Gasteiger partial charge in [0.05, 0.1) is 24.9 Å². The Morgan fingerprint density at radius 3 is 2.35 bits per heavy atom. The van der Waals surface area contributed by atoms with Crippen LogP contribution in [0.5, 0.6) is 0 Å². The normalized spacial score (nSPS) is 11.0. The van der Waals surface area contributed by atoms with Crippen LogP contribution in [0.3, 0.4) is 0 Å². The summed E-state index contributed by atoms with van der Waals surface area (Å²) in [6, 6.07) is 15.7. The van der Waals surface area contributed by atoms with E-state index in [9.17, 15) is 18.0 Å². The standard InChI is InChI=1S/C19H22N2O4S/c1-15(22)17-9-6-10-18(14-17)21(26(2,24)25)12-11-20-19(23)13-16-7-4-3-5-8-16/h3-10,14H,11-13H2,1-2H3,(H,20,23). The fourth-order valence-electron chi connectivity index (χ4n) is 2.51. The molecule has 0 bridgehead atoms. The molecule has 0 spiro atoms. The summed E-state index contributed by atoms with van der Waals surface area (Å²) in [5, 5.41) is 2.73. The molecule has 0 aromatic heterocycles. The molecule has 2 rings (SSSR count). The Bertz CT molecular complexity index is 879. The van der Waals surface area contributed by atoms with E-state index in [4.69, 9.17) is 0 Å². The van der Waals surface area contributed by atoms with Gasteiger partial charge in [-0.25, -0.2) is 8.42 Å². The number of rotatable bonds is 8. The molecule has 0 fully saturated rings. The Labute approximate surface area is 153 Å². The van der Waals surface area contributed by atoms with E-state index in [-0.39, 0.29) is 31.2 Å². The van der Waals surface area contributed by atoms with Gasteiger partial charge in [0.25, 0.3) is 0 Å². The zero-order chi connectivity index (χ0) is 19.2. The summed E-state index contributed by atoms with van der Waals surface area (Å²) in [4.78, 5) is 23.5. The molecule has 0 heterocycles.